The van der Waals surface area contributed by atoms with Crippen LogP contribution in [0.15, 0.2) is 35.3 Å². The fraction of sp³-hybridized carbons (Fsp3) is 0.143. The van der Waals surface area contributed by atoms with E-state index in [-0.39, 0.29) is 11.3 Å². The van der Waals surface area contributed by atoms with Crippen LogP contribution in [0.5, 0.6) is 0 Å². The smallest absolute Gasteiger partial charge is 0.232 e. The summed E-state index contributed by atoms with van der Waals surface area (Å²) in [5, 5.41) is 2.00. The number of aromatic nitrogens is 2. The van der Waals surface area contributed by atoms with E-state index in [4.69, 9.17) is 0 Å². The number of hydrogen-bond acceptors (Lipinski definition) is 2. The first-order valence-corrected chi connectivity index (χ1v) is 5.93. The third-order valence-corrected chi connectivity index (χ3v) is 3.61. The third-order valence-electron chi connectivity index (χ3n) is 3.61. The Labute approximate surface area is 102 Å². The number of rotatable bonds is 0. The van der Waals surface area contributed by atoms with Crippen LogP contribution < -0.4 is 5.43 Å². The molecule has 3 aromatic rings. The van der Waals surface area contributed by atoms with E-state index in [1.54, 1.807) is 22.8 Å². The van der Waals surface area contributed by atoms with Crippen molar-refractivity contribution in [3.63, 3.8) is 0 Å². The summed E-state index contributed by atoms with van der Waals surface area (Å²) in [7, 11) is 0. The second-order valence-electron chi connectivity index (χ2n) is 4.63. The fourth-order valence-electron chi connectivity index (χ4n) is 2.85. The molecule has 0 bridgehead atoms. The minimum atomic E-state index is -0.0644. The molecular formula is C14H10N2O2. The Morgan fingerprint density at radius 3 is 2.83 bits per heavy atom. The first-order chi connectivity index (χ1) is 8.75. The van der Waals surface area contributed by atoms with Crippen molar-refractivity contribution < 1.29 is 4.79 Å². The maximum Gasteiger partial charge on any atom is 0.232 e. The zero-order chi connectivity index (χ0) is 12.3. The van der Waals surface area contributed by atoms with Crippen molar-refractivity contribution in [2.45, 2.75) is 12.8 Å². The molecule has 1 aliphatic rings. The molecule has 0 fully saturated rings. The van der Waals surface area contributed by atoms with Gasteiger partial charge < -0.3 is 4.98 Å². The van der Waals surface area contributed by atoms with Gasteiger partial charge in [0.1, 0.15) is 0 Å². The summed E-state index contributed by atoms with van der Waals surface area (Å²) >= 11 is 0. The van der Waals surface area contributed by atoms with Crippen molar-refractivity contribution in [3.05, 3.63) is 46.4 Å². The number of benzene rings is 1. The zero-order valence-electron chi connectivity index (χ0n) is 9.56. The second kappa shape index (κ2) is 3.10. The van der Waals surface area contributed by atoms with Gasteiger partial charge in [-0.2, -0.15) is 0 Å². The van der Waals surface area contributed by atoms with Crippen LogP contribution in [0.4, 0.5) is 0 Å². The van der Waals surface area contributed by atoms with Gasteiger partial charge in [0.15, 0.2) is 5.43 Å². The average Bonchev–Trinajstić information content (AvgIpc) is 2.70. The molecule has 0 saturated heterocycles. The molecule has 0 amide bonds. The van der Waals surface area contributed by atoms with Gasteiger partial charge in [0, 0.05) is 35.2 Å². The Morgan fingerprint density at radius 2 is 1.94 bits per heavy atom. The van der Waals surface area contributed by atoms with E-state index in [9.17, 15) is 9.59 Å². The molecule has 4 heteroatoms. The molecule has 1 N–H and O–H groups in total. The van der Waals surface area contributed by atoms with E-state index < -0.39 is 0 Å². The van der Waals surface area contributed by atoms with Gasteiger partial charge in [0.2, 0.25) is 5.91 Å². The lowest BCUT2D eigenvalue weighted by Gasteiger charge is -2.14. The molecule has 0 radical (unpaired) electrons. The topological polar surface area (TPSA) is 54.9 Å². The van der Waals surface area contributed by atoms with E-state index in [1.807, 2.05) is 12.3 Å². The van der Waals surface area contributed by atoms with Gasteiger partial charge in [0.25, 0.3) is 0 Å². The first kappa shape index (κ1) is 9.65. The van der Waals surface area contributed by atoms with Crippen molar-refractivity contribution in [1.82, 2.24) is 9.55 Å². The molecule has 4 rings (SSSR count). The molecule has 0 aliphatic carbocycles. The first-order valence-electron chi connectivity index (χ1n) is 5.93. The van der Waals surface area contributed by atoms with Crippen LogP contribution in [0.1, 0.15) is 16.9 Å². The second-order valence-corrected chi connectivity index (χ2v) is 4.63. The highest BCUT2D eigenvalue weighted by Gasteiger charge is 2.22. The summed E-state index contributed by atoms with van der Waals surface area (Å²) in [6, 6.07) is 6.85. The predicted octanol–water partition coefficient (Wildman–Crippen LogP) is 2.07. The van der Waals surface area contributed by atoms with Crippen LogP contribution in [-0.2, 0) is 6.42 Å². The van der Waals surface area contributed by atoms with E-state index in [0.29, 0.717) is 6.42 Å². The molecule has 0 unspecified atom stereocenters. The summed E-state index contributed by atoms with van der Waals surface area (Å²) < 4.78 is 1.68. The maximum atomic E-state index is 12.1. The molecule has 4 nitrogen and oxygen atoms in total. The molecule has 0 saturated carbocycles. The number of fused-ring (bicyclic) bond motifs is 3. The molecule has 18 heavy (non-hydrogen) atoms. The summed E-state index contributed by atoms with van der Waals surface area (Å²) in [5.41, 5.74) is 2.65. The SMILES string of the molecule is O=C1CCc2[nH]ccc3c4ccc(=O)cc4n1c23. The van der Waals surface area contributed by atoms with Gasteiger partial charge in [-0.3, -0.25) is 14.2 Å². The minimum absolute atomic E-state index is 0.0627. The number of aryl methyl sites for hydroxylation is 1. The lowest BCUT2D eigenvalue weighted by Crippen LogP contribution is -2.18. The van der Waals surface area contributed by atoms with Crippen LogP contribution in [0.25, 0.3) is 21.8 Å². The van der Waals surface area contributed by atoms with Crippen LogP contribution in [0, 0.1) is 0 Å². The van der Waals surface area contributed by atoms with Crippen LogP contribution >= 0.6 is 0 Å². The van der Waals surface area contributed by atoms with Gasteiger partial charge in [-0.15, -0.1) is 0 Å². The van der Waals surface area contributed by atoms with Gasteiger partial charge >= 0.3 is 0 Å². The van der Waals surface area contributed by atoms with Crippen molar-refractivity contribution in [3.8, 4) is 0 Å². The Kier molecular flexibility index (Phi) is 1.66. The summed E-state index contributed by atoms with van der Waals surface area (Å²) in [4.78, 5) is 26.8. The standard InChI is InChI=1S/C14H10N2O2/c17-8-1-2-9-10-5-6-15-11-3-4-13(18)16(14(10)11)12(9)7-8/h1-2,5-7,15H,3-4H2. The Bertz CT molecular complexity index is 871. The van der Waals surface area contributed by atoms with Crippen molar-refractivity contribution in [2.75, 3.05) is 0 Å². The van der Waals surface area contributed by atoms with E-state index in [1.165, 1.54) is 0 Å². The zero-order valence-corrected chi connectivity index (χ0v) is 9.56. The monoisotopic (exact) mass is 238 g/mol. The quantitative estimate of drug-likeness (QED) is 0.651. The highest BCUT2D eigenvalue weighted by atomic mass is 16.2. The number of pyridine rings is 1. The van der Waals surface area contributed by atoms with Crippen molar-refractivity contribution in [2.24, 2.45) is 0 Å². The van der Waals surface area contributed by atoms with Gasteiger partial charge in [-0.05, 0) is 24.6 Å². The molecule has 1 aliphatic heterocycles. The van der Waals surface area contributed by atoms with Crippen molar-refractivity contribution in [1.29, 1.82) is 0 Å². The van der Waals surface area contributed by atoms with Crippen molar-refractivity contribution >= 4 is 27.7 Å². The minimum Gasteiger partial charge on any atom is -0.363 e. The fourth-order valence-corrected chi connectivity index (χ4v) is 2.85. The van der Waals surface area contributed by atoms with E-state index in [2.05, 4.69) is 4.98 Å². The molecule has 0 atom stereocenters. The number of carbonyl (C=O) groups is 1. The predicted molar refractivity (Wildman–Crippen MR) is 69.0 cm³/mol. The summed E-state index contributed by atoms with van der Waals surface area (Å²) in [6.45, 7) is 0. The number of hydrogen-bond donors (Lipinski definition) is 1. The molecule has 2 aromatic heterocycles. The maximum absolute atomic E-state index is 12.1. The van der Waals surface area contributed by atoms with E-state index in [0.717, 1.165) is 33.9 Å². The van der Waals surface area contributed by atoms with Crippen LogP contribution in [0.2, 0.25) is 0 Å². The van der Waals surface area contributed by atoms with Crippen LogP contribution in [-0.4, -0.2) is 15.5 Å². The Hall–Kier alpha value is -2.36. The molecule has 0 spiro atoms. The van der Waals surface area contributed by atoms with Gasteiger partial charge in [-0.25, -0.2) is 0 Å². The number of aromatic amines is 1. The van der Waals surface area contributed by atoms with Gasteiger partial charge in [-0.1, -0.05) is 0 Å². The lowest BCUT2D eigenvalue weighted by atomic mass is 10.1. The van der Waals surface area contributed by atoms with E-state index >= 15 is 0 Å². The summed E-state index contributed by atoms with van der Waals surface area (Å²) in [6.07, 6.45) is 3.11. The average molecular weight is 238 g/mol. The van der Waals surface area contributed by atoms with Crippen LogP contribution in [0.3, 0.4) is 0 Å². The Balaban J connectivity index is 2.39. The third kappa shape index (κ3) is 1.05. The van der Waals surface area contributed by atoms with Gasteiger partial charge in [0.05, 0.1) is 11.0 Å². The summed E-state index contributed by atoms with van der Waals surface area (Å²) in [5.74, 6) is 0.0627. The number of nitrogens with zero attached hydrogens (tertiary/aromatic N) is 1. The number of carbonyl (C=O) groups excluding carboxylic acids is 1. The molecule has 1 aromatic carbocycles. The largest absolute Gasteiger partial charge is 0.363 e. The Morgan fingerprint density at radius 1 is 1.06 bits per heavy atom. The highest BCUT2D eigenvalue weighted by Crippen LogP contribution is 2.32. The molecule has 88 valence electrons. The molecule has 3 heterocycles. The number of H-pyrrole nitrogens is 1. The highest BCUT2D eigenvalue weighted by molar-refractivity contribution is 6.14. The molecular weight excluding hydrogens is 228 g/mol. The number of nitrogens with one attached hydrogen (secondary N) is 1. The lowest BCUT2D eigenvalue weighted by molar-refractivity contribution is 0.0907. The normalized spacial score (nSPS) is 14.6.